The minimum absolute atomic E-state index is 0.0494. The van der Waals surface area contributed by atoms with Crippen LogP contribution in [0, 0.1) is 0 Å². The number of methoxy groups -OCH3 is 1. The van der Waals surface area contributed by atoms with Gasteiger partial charge in [0.15, 0.2) is 5.60 Å². The Hall–Kier alpha value is 0.1000. The third kappa shape index (κ3) is 3.55. The smallest absolute Gasteiger partial charge is 0.342 e. The molecule has 7 heteroatoms. The molecule has 0 amide bonds. The van der Waals surface area contributed by atoms with Crippen LogP contribution in [0.3, 0.4) is 0 Å². The average molecular weight is 454 g/mol. The molecule has 0 unspecified atom stereocenters. The van der Waals surface area contributed by atoms with Crippen molar-refractivity contribution >= 4 is 49.2 Å². The van der Waals surface area contributed by atoms with Gasteiger partial charge in [-0.15, -0.1) is 0 Å². The van der Waals surface area contributed by atoms with Gasteiger partial charge in [0.05, 0.1) is 5.57 Å². The number of carbonyl (C=O) groups excluding carboxylic acids is 1. The van der Waals surface area contributed by atoms with Gasteiger partial charge in [-0.05, 0) is 12.5 Å². The van der Waals surface area contributed by atoms with Crippen molar-refractivity contribution in [2.24, 2.45) is 0 Å². The average Bonchev–Trinajstić information content (AvgIpc) is 2.32. The lowest BCUT2D eigenvalue weighted by Crippen LogP contribution is -2.44. The van der Waals surface area contributed by atoms with Gasteiger partial charge >= 0.3 is 11.9 Å². The third-order valence-electron chi connectivity index (χ3n) is 2.28. The Bertz CT molecular complexity index is 296. The SMILES string of the molecule is CC[C@]1(OC)C=C(C(=O)O)COC1=O.II. The predicted octanol–water partition coefficient (Wildman–Crippen LogP) is 2.12. The van der Waals surface area contributed by atoms with Crippen LogP contribution in [0.2, 0.25) is 0 Å². The van der Waals surface area contributed by atoms with Crippen LogP contribution in [-0.4, -0.2) is 36.4 Å². The van der Waals surface area contributed by atoms with E-state index in [1.807, 2.05) is 0 Å². The van der Waals surface area contributed by atoms with E-state index in [-0.39, 0.29) is 12.2 Å². The van der Waals surface area contributed by atoms with Crippen molar-refractivity contribution in [3.8, 4) is 0 Å². The van der Waals surface area contributed by atoms with E-state index in [2.05, 4.69) is 37.2 Å². The number of hydrogen-bond acceptors (Lipinski definition) is 4. The Morgan fingerprint density at radius 3 is 2.62 bits per heavy atom. The van der Waals surface area contributed by atoms with Gasteiger partial charge in [-0.1, -0.05) is 6.92 Å². The van der Waals surface area contributed by atoms with Crippen LogP contribution in [-0.2, 0) is 19.1 Å². The van der Waals surface area contributed by atoms with E-state index in [4.69, 9.17) is 14.6 Å². The predicted molar refractivity (Wildman–Crippen MR) is 74.7 cm³/mol. The van der Waals surface area contributed by atoms with Gasteiger partial charge in [0, 0.05) is 44.3 Å². The maximum absolute atomic E-state index is 11.4. The first-order chi connectivity index (χ1) is 7.55. The van der Waals surface area contributed by atoms with Crippen molar-refractivity contribution in [3.63, 3.8) is 0 Å². The monoisotopic (exact) mass is 454 g/mol. The zero-order chi connectivity index (χ0) is 12.8. The molecule has 5 nitrogen and oxygen atoms in total. The zero-order valence-electron chi connectivity index (χ0n) is 8.83. The molecule has 0 aliphatic carbocycles. The number of halogens is 2. The van der Waals surface area contributed by atoms with E-state index < -0.39 is 17.5 Å². The molecular weight excluding hydrogens is 442 g/mol. The van der Waals surface area contributed by atoms with Crippen LogP contribution < -0.4 is 0 Å². The fraction of sp³-hybridized carbons (Fsp3) is 0.556. The summed E-state index contributed by atoms with van der Waals surface area (Å²) in [5.74, 6) is -1.63. The standard InChI is InChI=1S/C9H12O5.I2/c1-3-9(13-2)4-6(7(10)11)5-14-8(9)12;1-2/h4H,3,5H2,1-2H3,(H,10,11);/t9-;/m0./s1. The van der Waals surface area contributed by atoms with Gasteiger partial charge in [0.1, 0.15) is 6.61 Å². The molecule has 1 heterocycles. The molecule has 0 bridgehead atoms. The Labute approximate surface area is 117 Å². The molecule has 0 aromatic heterocycles. The number of cyclic esters (lactones) is 1. The molecule has 1 aliphatic heterocycles. The first kappa shape index (κ1) is 16.1. The number of carbonyl (C=O) groups is 2. The van der Waals surface area contributed by atoms with Gasteiger partial charge in [-0.25, -0.2) is 9.59 Å². The largest absolute Gasteiger partial charge is 0.478 e. The molecule has 1 atom stereocenters. The lowest BCUT2D eigenvalue weighted by Gasteiger charge is -2.29. The van der Waals surface area contributed by atoms with Crippen molar-refractivity contribution in [2.45, 2.75) is 18.9 Å². The number of aliphatic carboxylic acids is 1. The first-order valence-electron chi connectivity index (χ1n) is 4.37. The summed E-state index contributed by atoms with van der Waals surface area (Å²) < 4.78 is 9.74. The van der Waals surface area contributed by atoms with E-state index in [0.29, 0.717) is 6.42 Å². The minimum Gasteiger partial charge on any atom is -0.478 e. The molecule has 0 aromatic carbocycles. The molecule has 0 spiro atoms. The number of rotatable bonds is 3. The molecular formula is C9H12I2O5. The van der Waals surface area contributed by atoms with Crippen LogP contribution in [0.5, 0.6) is 0 Å². The van der Waals surface area contributed by atoms with E-state index in [0.717, 1.165) is 0 Å². The molecule has 0 aromatic rings. The number of carboxylic acid groups (broad SMARTS) is 1. The number of esters is 1. The fourth-order valence-electron chi connectivity index (χ4n) is 1.30. The third-order valence-corrected chi connectivity index (χ3v) is 2.28. The van der Waals surface area contributed by atoms with E-state index in [1.165, 1.54) is 13.2 Å². The van der Waals surface area contributed by atoms with Crippen LogP contribution in [0.15, 0.2) is 11.6 Å². The van der Waals surface area contributed by atoms with Crippen LogP contribution in [0.25, 0.3) is 0 Å². The van der Waals surface area contributed by atoms with Crippen molar-refractivity contribution in [1.82, 2.24) is 0 Å². The van der Waals surface area contributed by atoms with Crippen molar-refractivity contribution in [1.29, 1.82) is 0 Å². The molecule has 1 N–H and O–H groups in total. The molecule has 0 fully saturated rings. The van der Waals surface area contributed by atoms with Gasteiger partial charge in [0.2, 0.25) is 0 Å². The second kappa shape index (κ2) is 7.43. The quantitative estimate of drug-likeness (QED) is 0.523. The van der Waals surface area contributed by atoms with Gasteiger partial charge in [-0.3, -0.25) is 0 Å². The second-order valence-corrected chi connectivity index (χ2v) is 3.00. The summed E-state index contributed by atoms with van der Waals surface area (Å²) in [4.78, 5) is 22.0. The van der Waals surface area contributed by atoms with Crippen LogP contribution in [0.1, 0.15) is 13.3 Å². The van der Waals surface area contributed by atoms with Crippen molar-refractivity contribution < 1.29 is 24.2 Å². The highest BCUT2D eigenvalue weighted by Crippen LogP contribution is 2.25. The Morgan fingerprint density at radius 1 is 1.69 bits per heavy atom. The van der Waals surface area contributed by atoms with Gasteiger partial charge < -0.3 is 14.6 Å². The lowest BCUT2D eigenvalue weighted by molar-refractivity contribution is -0.165. The highest BCUT2D eigenvalue weighted by Gasteiger charge is 2.41. The number of hydrogen-bond donors (Lipinski definition) is 1. The molecule has 1 rings (SSSR count). The highest BCUT2D eigenvalue weighted by atomic mass is 128. The fourth-order valence-corrected chi connectivity index (χ4v) is 1.30. The summed E-state index contributed by atoms with van der Waals surface area (Å²) in [6.45, 7) is 1.53. The molecule has 0 radical (unpaired) electrons. The topological polar surface area (TPSA) is 72.8 Å². The summed E-state index contributed by atoms with van der Waals surface area (Å²) in [7, 11) is 1.35. The molecule has 92 valence electrons. The number of ether oxygens (including phenoxy) is 2. The van der Waals surface area contributed by atoms with Crippen LogP contribution >= 0.6 is 37.2 Å². The lowest BCUT2D eigenvalue weighted by atomic mass is 9.95. The Balaban J connectivity index is 0.00000106. The van der Waals surface area contributed by atoms with Gasteiger partial charge in [0.25, 0.3) is 0 Å². The molecule has 16 heavy (non-hydrogen) atoms. The molecule has 0 saturated heterocycles. The van der Waals surface area contributed by atoms with E-state index in [9.17, 15) is 9.59 Å². The molecule has 0 saturated carbocycles. The molecule has 1 aliphatic rings. The zero-order valence-corrected chi connectivity index (χ0v) is 13.1. The van der Waals surface area contributed by atoms with E-state index >= 15 is 0 Å². The minimum atomic E-state index is -1.23. The second-order valence-electron chi connectivity index (χ2n) is 3.00. The summed E-state index contributed by atoms with van der Waals surface area (Å²) in [6, 6.07) is 0. The van der Waals surface area contributed by atoms with E-state index in [1.54, 1.807) is 6.92 Å². The highest BCUT2D eigenvalue weighted by molar-refractivity contribution is 15.0. The summed E-state index contributed by atoms with van der Waals surface area (Å²) >= 11 is 4.24. The summed E-state index contributed by atoms with van der Waals surface area (Å²) in [5, 5.41) is 8.73. The summed E-state index contributed by atoms with van der Waals surface area (Å²) in [5.41, 5.74) is -1.18. The first-order valence-corrected chi connectivity index (χ1v) is 10.7. The Morgan fingerprint density at radius 2 is 2.25 bits per heavy atom. The van der Waals surface area contributed by atoms with Crippen molar-refractivity contribution in [3.05, 3.63) is 11.6 Å². The van der Waals surface area contributed by atoms with Crippen molar-refractivity contribution in [2.75, 3.05) is 13.7 Å². The van der Waals surface area contributed by atoms with Crippen LogP contribution in [0.4, 0.5) is 0 Å². The Kier molecular flexibility index (Phi) is 7.48. The van der Waals surface area contributed by atoms with Gasteiger partial charge in [-0.2, -0.15) is 0 Å². The maximum Gasteiger partial charge on any atom is 0.342 e. The number of carboxylic acids is 1. The normalized spacial score (nSPS) is 23.8. The summed E-state index contributed by atoms with van der Waals surface area (Å²) in [6.07, 6.45) is 1.67. The maximum atomic E-state index is 11.4.